The molecule has 4 rings (SSSR count). The highest BCUT2D eigenvalue weighted by molar-refractivity contribution is 8.15. The summed E-state index contributed by atoms with van der Waals surface area (Å²) < 4.78 is 11.3. The van der Waals surface area contributed by atoms with E-state index < -0.39 is 0 Å². The number of carbonyl (C=O) groups is 1. The fourth-order valence-corrected chi connectivity index (χ4v) is 5.01. The Labute approximate surface area is 203 Å². The van der Waals surface area contributed by atoms with E-state index in [0.717, 1.165) is 28.3 Å². The number of thioether (sulfide) groups is 1. The molecule has 0 unspecified atom stereocenters. The summed E-state index contributed by atoms with van der Waals surface area (Å²) in [6.07, 6.45) is 0.556. The second kappa shape index (κ2) is 10.8. The molecule has 0 aliphatic carbocycles. The number of ether oxygens (including phenoxy) is 2. The molecule has 1 saturated heterocycles. The van der Waals surface area contributed by atoms with E-state index in [1.807, 2.05) is 79.7 Å². The molecule has 0 N–H and O–H groups in total. The third-order valence-corrected chi connectivity index (χ3v) is 6.90. The molecule has 1 aliphatic rings. The molecule has 0 bridgehead atoms. The van der Waals surface area contributed by atoms with Crippen LogP contribution in [0.15, 0.2) is 77.8 Å². The van der Waals surface area contributed by atoms with Crippen LogP contribution in [-0.2, 0) is 17.8 Å². The summed E-state index contributed by atoms with van der Waals surface area (Å²) in [7, 11) is 1.63. The normalized spacial score (nSPS) is 16.9. The SMILES string of the molecule is CCN1C(=O)[C@@H](Cc2ccccc2OCc2ccccc2Cl)SC1=Nc1ccc(OC)cc1. The summed E-state index contributed by atoms with van der Waals surface area (Å²) in [5, 5.41) is 1.13. The Bertz CT molecular complexity index is 1150. The molecule has 5 nitrogen and oxygen atoms in total. The van der Waals surface area contributed by atoms with Gasteiger partial charge in [-0.25, -0.2) is 4.99 Å². The Hall–Kier alpha value is -2.96. The Kier molecular flexibility index (Phi) is 7.57. The van der Waals surface area contributed by atoms with Gasteiger partial charge in [0.2, 0.25) is 5.91 Å². The first-order chi connectivity index (χ1) is 16.1. The van der Waals surface area contributed by atoms with Crippen LogP contribution in [0.2, 0.25) is 5.02 Å². The van der Waals surface area contributed by atoms with Crippen molar-refractivity contribution in [2.75, 3.05) is 13.7 Å². The minimum Gasteiger partial charge on any atom is -0.497 e. The minimum absolute atomic E-state index is 0.0654. The van der Waals surface area contributed by atoms with Crippen molar-refractivity contribution < 1.29 is 14.3 Å². The van der Waals surface area contributed by atoms with Gasteiger partial charge >= 0.3 is 0 Å². The van der Waals surface area contributed by atoms with Crippen molar-refractivity contribution >= 4 is 40.1 Å². The number of nitrogens with zero attached hydrogens (tertiary/aromatic N) is 2. The highest BCUT2D eigenvalue weighted by Crippen LogP contribution is 2.34. The lowest BCUT2D eigenvalue weighted by Crippen LogP contribution is -2.32. The van der Waals surface area contributed by atoms with E-state index in [4.69, 9.17) is 26.1 Å². The number of amidine groups is 1. The first-order valence-corrected chi connectivity index (χ1v) is 12.0. The summed E-state index contributed by atoms with van der Waals surface area (Å²) in [5.41, 5.74) is 2.69. The van der Waals surface area contributed by atoms with Crippen molar-refractivity contribution in [3.8, 4) is 11.5 Å². The number of carbonyl (C=O) groups excluding carboxylic acids is 1. The lowest BCUT2D eigenvalue weighted by molar-refractivity contribution is -0.126. The molecular weight excluding hydrogens is 456 g/mol. The van der Waals surface area contributed by atoms with Crippen LogP contribution in [0.5, 0.6) is 11.5 Å². The number of rotatable bonds is 8. The molecule has 1 atom stereocenters. The predicted octanol–water partition coefficient (Wildman–Crippen LogP) is 6.12. The van der Waals surface area contributed by atoms with E-state index >= 15 is 0 Å². The molecule has 1 amide bonds. The van der Waals surface area contributed by atoms with E-state index in [-0.39, 0.29) is 11.2 Å². The van der Waals surface area contributed by atoms with Gasteiger partial charge in [0.05, 0.1) is 18.0 Å². The number of aliphatic imine (C=N–C) groups is 1. The standard InChI is InChI=1S/C26H25ClN2O3S/c1-3-29-25(30)24(33-26(29)28-20-12-14-21(31-2)15-13-20)16-18-8-5-7-11-23(18)32-17-19-9-4-6-10-22(19)27/h4-15,24H,3,16-17H2,1-2H3/t24-/m1/s1. The molecule has 0 saturated carbocycles. The molecule has 1 fully saturated rings. The molecule has 3 aromatic carbocycles. The van der Waals surface area contributed by atoms with E-state index in [1.54, 1.807) is 12.0 Å². The van der Waals surface area contributed by atoms with Gasteiger partial charge < -0.3 is 9.47 Å². The maximum absolute atomic E-state index is 13.1. The molecule has 1 aliphatic heterocycles. The van der Waals surface area contributed by atoms with E-state index in [2.05, 4.69) is 0 Å². The fourth-order valence-electron chi connectivity index (χ4n) is 3.57. The van der Waals surface area contributed by atoms with Gasteiger partial charge in [0.1, 0.15) is 18.1 Å². The van der Waals surface area contributed by atoms with Crippen LogP contribution in [0, 0.1) is 0 Å². The monoisotopic (exact) mass is 480 g/mol. The van der Waals surface area contributed by atoms with Gasteiger partial charge in [-0.15, -0.1) is 0 Å². The Balaban J connectivity index is 1.50. The summed E-state index contributed by atoms with van der Waals surface area (Å²) in [6, 6.07) is 23.0. The maximum atomic E-state index is 13.1. The van der Waals surface area contributed by atoms with Crippen LogP contribution in [0.4, 0.5) is 5.69 Å². The van der Waals surface area contributed by atoms with Gasteiger partial charge in [-0.3, -0.25) is 9.69 Å². The smallest absolute Gasteiger partial charge is 0.242 e. The van der Waals surface area contributed by atoms with Crippen LogP contribution in [0.3, 0.4) is 0 Å². The van der Waals surface area contributed by atoms with Gasteiger partial charge in [0.15, 0.2) is 5.17 Å². The molecule has 170 valence electrons. The molecule has 0 spiro atoms. The molecule has 0 aromatic heterocycles. The van der Waals surface area contributed by atoms with E-state index in [1.165, 1.54) is 11.8 Å². The van der Waals surface area contributed by atoms with Crippen molar-refractivity contribution in [1.29, 1.82) is 0 Å². The lowest BCUT2D eigenvalue weighted by Gasteiger charge is -2.15. The number of para-hydroxylation sites is 1. The van der Waals surface area contributed by atoms with E-state index in [9.17, 15) is 4.79 Å². The second-order valence-corrected chi connectivity index (χ2v) is 9.05. The van der Waals surface area contributed by atoms with Crippen LogP contribution < -0.4 is 9.47 Å². The van der Waals surface area contributed by atoms with Crippen LogP contribution in [0.1, 0.15) is 18.1 Å². The number of benzene rings is 3. The Morgan fingerprint density at radius 3 is 2.39 bits per heavy atom. The minimum atomic E-state index is -0.257. The molecule has 1 heterocycles. The molecule has 3 aromatic rings. The average molecular weight is 481 g/mol. The second-order valence-electron chi connectivity index (χ2n) is 7.47. The summed E-state index contributed by atoms with van der Waals surface area (Å²) in [4.78, 5) is 19.6. The summed E-state index contributed by atoms with van der Waals surface area (Å²) >= 11 is 7.76. The van der Waals surface area contributed by atoms with Gasteiger partial charge in [-0.1, -0.05) is 59.8 Å². The average Bonchev–Trinajstić information content (AvgIpc) is 3.13. The highest BCUT2D eigenvalue weighted by atomic mass is 35.5. The van der Waals surface area contributed by atoms with Gasteiger partial charge in [-0.05, 0) is 55.3 Å². The largest absolute Gasteiger partial charge is 0.497 e. The molecule has 0 radical (unpaired) electrons. The van der Waals surface area contributed by atoms with Crippen molar-refractivity contribution in [3.05, 3.63) is 88.9 Å². The lowest BCUT2D eigenvalue weighted by atomic mass is 10.1. The Morgan fingerprint density at radius 2 is 1.70 bits per heavy atom. The number of amides is 1. The predicted molar refractivity (Wildman–Crippen MR) is 135 cm³/mol. The number of methoxy groups -OCH3 is 1. The zero-order valence-electron chi connectivity index (χ0n) is 18.5. The molecule has 7 heteroatoms. The first kappa shape index (κ1) is 23.2. The van der Waals surface area contributed by atoms with Gasteiger partial charge in [-0.2, -0.15) is 0 Å². The first-order valence-electron chi connectivity index (χ1n) is 10.7. The zero-order valence-corrected chi connectivity index (χ0v) is 20.1. The van der Waals surface area contributed by atoms with Crippen molar-refractivity contribution in [1.82, 2.24) is 4.90 Å². The van der Waals surface area contributed by atoms with Crippen molar-refractivity contribution in [3.63, 3.8) is 0 Å². The zero-order chi connectivity index (χ0) is 23.2. The fraction of sp³-hybridized carbons (Fsp3) is 0.231. The van der Waals surface area contributed by atoms with Crippen molar-refractivity contribution in [2.45, 2.75) is 25.2 Å². The number of hydrogen-bond acceptors (Lipinski definition) is 5. The summed E-state index contributed by atoms with van der Waals surface area (Å²) in [5.74, 6) is 1.60. The Morgan fingerprint density at radius 1 is 1.00 bits per heavy atom. The maximum Gasteiger partial charge on any atom is 0.242 e. The topological polar surface area (TPSA) is 51.1 Å². The summed E-state index contributed by atoms with van der Waals surface area (Å²) in [6.45, 7) is 2.90. The van der Waals surface area contributed by atoms with Crippen LogP contribution in [0.25, 0.3) is 0 Å². The third kappa shape index (κ3) is 5.52. The van der Waals surface area contributed by atoms with Crippen LogP contribution in [-0.4, -0.2) is 34.9 Å². The molecule has 33 heavy (non-hydrogen) atoms. The van der Waals surface area contributed by atoms with Gasteiger partial charge in [0.25, 0.3) is 0 Å². The highest BCUT2D eigenvalue weighted by Gasteiger charge is 2.37. The number of hydrogen-bond donors (Lipinski definition) is 0. The van der Waals surface area contributed by atoms with E-state index in [0.29, 0.717) is 29.8 Å². The van der Waals surface area contributed by atoms with Gasteiger partial charge in [0, 0.05) is 17.1 Å². The van der Waals surface area contributed by atoms with Crippen molar-refractivity contribution in [2.24, 2.45) is 4.99 Å². The quantitative estimate of drug-likeness (QED) is 0.389. The molecular formula is C26H25ClN2O3S. The van der Waals surface area contributed by atoms with Crippen LogP contribution >= 0.6 is 23.4 Å². The number of halogens is 1. The third-order valence-electron chi connectivity index (χ3n) is 5.35.